The molecular formula is C18H14BrF3N2O3. The van der Waals surface area contributed by atoms with Gasteiger partial charge in [0.05, 0.1) is 34.0 Å². The molecule has 0 saturated heterocycles. The molecule has 0 aliphatic carbocycles. The maximum absolute atomic E-state index is 12.3. The molecule has 0 spiro atoms. The second-order valence-corrected chi connectivity index (χ2v) is 6.42. The summed E-state index contributed by atoms with van der Waals surface area (Å²) in [6, 6.07) is 6.99. The first kappa shape index (κ1) is 19.2. The standard InChI is InChI=1S/C18H14BrF3N2O3/c1-3-26-17(25)13-8-12(15-16(14(13)19)24(2)9-23-15)10-4-6-11(7-5-10)27-18(20,21)22/h4-9H,3H2,1-2H3. The number of esters is 1. The Hall–Kier alpha value is -2.55. The van der Waals surface area contributed by atoms with Crippen molar-refractivity contribution in [1.82, 2.24) is 9.55 Å². The molecule has 0 saturated carbocycles. The highest BCUT2D eigenvalue weighted by Gasteiger charge is 2.31. The summed E-state index contributed by atoms with van der Waals surface area (Å²) in [7, 11) is 1.78. The van der Waals surface area contributed by atoms with E-state index in [-0.39, 0.29) is 12.4 Å². The number of nitrogens with zero attached hydrogens (tertiary/aromatic N) is 2. The van der Waals surface area contributed by atoms with E-state index in [4.69, 9.17) is 4.74 Å². The van der Waals surface area contributed by atoms with Crippen molar-refractivity contribution in [2.24, 2.45) is 7.05 Å². The summed E-state index contributed by atoms with van der Waals surface area (Å²) in [4.78, 5) is 16.7. The van der Waals surface area contributed by atoms with Crippen LogP contribution in [0.3, 0.4) is 0 Å². The van der Waals surface area contributed by atoms with Gasteiger partial charge in [0, 0.05) is 12.6 Å². The van der Waals surface area contributed by atoms with Crippen molar-refractivity contribution in [3.05, 3.63) is 46.7 Å². The molecular weight excluding hydrogens is 429 g/mol. The maximum atomic E-state index is 12.3. The Bertz CT molecular complexity index is 998. The number of halogens is 4. The Morgan fingerprint density at radius 2 is 1.93 bits per heavy atom. The largest absolute Gasteiger partial charge is 0.573 e. The van der Waals surface area contributed by atoms with E-state index in [1.54, 1.807) is 30.9 Å². The third-order valence-electron chi connectivity index (χ3n) is 3.82. The van der Waals surface area contributed by atoms with Crippen LogP contribution in [0.15, 0.2) is 41.1 Å². The number of carbonyl (C=O) groups excluding carboxylic acids is 1. The van der Waals surface area contributed by atoms with E-state index in [1.165, 1.54) is 24.3 Å². The zero-order chi connectivity index (χ0) is 19.8. The van der Waals surface area contributed by atoms with Gasteiger partial charge < -0.3 is 14.0 Å². The summed E-state index contributed by atoms with van der Waals surface area (Å²) in [5, 5.41) is 0. The van der Waals surface area contributed by atoms with Crippen LogP contribution in [0.25, 0.3) is 22.2 Å². The van der Waals surface area contributed by atoms with Crippen LogP contribution >= 0.6 is 15.9 Å². The smallest absolute Gasteiger partial charge is 0.462 e. The monoisotopic (exact) mass is 442 g/mol. The van der Waals surface area contributed by atoms with Gasteiger partial charge in [-0.1, -0.05) is 12.1 Å². The highest BCUT2D eigenvalue weighted by molar-refractivity contribution is 9.10. The Labute approximate surface area is 160 Å². The molecule has 0 atom stereocenters. The predicted octanol–water partition coefficient (Wildman–Crippen LogP) is 5.08. The van der Waals surface area contributed by atoms with Crippen LogP contribution in [0.5, 0.6) is 5.75 Å². The maximum Gasteiger partial charge on any atom is 0.573 e. The third kappa shape index (κ3) is 3.92. The molecule has 0 aliphatic rings. The second-order valence-electron chi connectivity index (χ2n) is 5.63. The van der Waals surface area contributed by atoms with E-state index in [2.05, 4.69) is 25.7 Å². The first-order chi connectivity index (χ1) is 12.7. The van der Waals surface area contributed by atoms with Gasteiger partial charge in [0.1, 0.15) is 5.75 Å². The highest BCUT2D eigenvalue weighted by Crippen LogP contribution is 2.36. The zero-order valence-electron chi connectivity index (χ0n) is 14.3. The quantitative estimate of drug-likeness (QED) is 0.528. The minimum absolute atomic E-state index is 0.216. The average molecular weight is 443 g/mol. The van der Waals surface area contributed by atoms with Crippen LogP contribution in [-0.2, 0) is 11.8 Å². The molecule has 9 heteroatoms. The van der Waals surface area contributed by atoms with E-state index in [1.807, 2.05) is 0 Å². The van der Waals surface area contributed by atoms with Crippen LogP contribution in [-0.4, -0.2) is 28.5 Å². The van der Waals surface area contributed by atoms with Gasteiger partial charge in [0.25, 0.3) is 0 Å². The van der Waals surface area contributed by atoms with Crippen molar-refractivity contribution >= 4 is 32.9 Å². The SMILES string of the molecule is CCOC(=O)c1cc(-c2ccc(OC(F)(F)F)cc2)c2ncn(C)c2c1Br. The number of hydrogen-bond donors (Lipinski definition) is 0. The Balaban J connectivity index is 2.13. The molecule has 27 heavy (non-hydrogen) atoms. The van der Waals surface area contributed by atoms with E-state index < -0.39 is 12.3 Å². The lowest BCUT2D eigenvalue weighted by Gasteiger charge is -2.12. The molecule has 2 aromatic carbocycles. The summed E-state index contributed by atoms with van der Waals surface area (Å²) in [5.74, 6) is -0.836. The molecule has 0 bridgehead atoms. The Morgan fingerprint density at radius 1 is 1.26 bits per heavy atom. The van der Waals surface area contributed by atoms with Crippen LogP contribution < -0.4 is 4.74 Å². The molecule has 3 aromatic rings. The van der Waals surface area contributed by atoms with E-state index >= 15 is 0 Å². The number of hydrogen-bond acceptors (Lipinski definition) is 4. The molecule has 0 aliphatic heterocycles. The number of ether oxygens (including phenoxy) is 2. The minimum atomic E-state index is -4.76. The van der Waals surface area contributed by atoms with Gasteiger partial charge in [-0.25, -0.2) is 9.78 Å². The number of alkyl halides is 3. The summed E-state index contributed by atoms with van der Waals surface area (Å²) in [6.45, 7) is 1.92. The summed E-state index contributed by atoms with van der Waals surface area (Å²) >= 11 is 3.43. The molecule has 1 aromatic heterocycles. The van der Waals surface area contributed by atoms with Gasteiger partial charge in [-0.15, -0.1) is 13.2 Å². The number of rotatable bonds is 4. The van der Waals surface area contributed by atoms with Crippen molar-refractivity contribution in [3.63, 3.8) is 0 Å². The van der Waals surface area contributed by atoms with E-state index in [0.29, 0.717) is 32.2 Å². The Morgan fingerprint density at radius 3 is 2.52 bits per heavy atom. The lowest BCUT2D eigenvalue weighted by Crippen LogP contribution is -2.16. The van der Waals surface area contributed by atoms with Crippen molar-refractivity contribution in [1.29, 1.82) is 0 Å². The number of aromatic nitrogens is 2. The summed E-state index contributed by atoms with van der Waals surface area (Å²) in [5.41, 5.74) is 2.76. The van der Waals surface area contributed by atoms with E-state index in [0.717, 1.165) is 0 Å². The van der Waals surface area contributed by atoms with Crippen molar-refractivity contribution in [3.8, 4) is 16.9 Å². The fourth-order valence-corrected chi connectivity index (χ4v) is 3.45. The topological polar surface area (TPSA) is 53.4 Å². The van der Waals surface area contributed by atoms with Gasteiger partial charge >= 0.3 is 12.3 Å². The molecule has 142 valence electrons. The van der Waals surface area contributed by atoms with Gasteiger partial charge in [0.15, 0.2) is 0 Å². The van der Waals surface area contributed by atoms with Crippen LogP contribution in [0.1, 0.15) is 17.3 Å². The zero-order valence-corrected chi connectivity index (χ0v) is 15.9. The highest BCUT2D eigenvalue weighted by atomic mass is 79.9. The third-order valence-corrected chi connectivity index (χ3v) is 4.62. The van der Waals surface area contributed by atoms with Gasteiger partial charge in [-0.3, -0.25) is 0 Å². The fourth-order valence-electron chi connectivity index (χ4n) is 2.70. The first-order valence-electron chi connectivity index (χ1n) is 7.88. The number of carbonyl (C=O) groups is 1. The lowest BCUT2D eigenvalue weighted by molar-refractivity contribution is -0.274. The van der Waals surface area contributed by atoms with Gasteiger partial charge in [0.2, 0.25) is 0 Å². The molecule has 0 N–H and O–H groups in total. The normalized spacial score (nSPS) is 11.6. The fraction of sp³-hybridized carbons (Fsp3) is 0.222. The lowest BCUT2D eigenvalue weighted by atomic mass is 10.0. The number of benzene rings is 2. The predicted molar refractivity (Wildman–Crippen MR) is 96.5 cm³/mol. The minimum Gasteiger partial charge on any atom is -0.462 e. The van der Waals surface area contributed by atoms with E-state index in [9.17, 15) is 18.0 Å². The van der Waals surface area contributed by atoms with Crippen LogP contribution in [0.4, 0.5) is 13.2 Å². The molecule has 0 unspecified atom stereocenters. The summed E-state index contributed by atoms with van der Waals surface area (Å²) in [6.07, 6.45) is -3.17. The number of aryl methyl sites for hydroxylation is 1. The molecule has 3 rings (SSSR count). The van der Waals surface area contributed by atoms with Gasteiger partial charge in [-0.2, -0.15) is 0 Å². The van der Waals surface area contributed by atoms with Crippen molar-refractivity contribution in [2.75, 3.05) is 6.61 Å². The number of fused-ring (bicyclic) bond motifs is 1. The van der Waals surface area contributed by atoms with Crippen molar-refractivity contribution < 1.29 is 27.4 Å². The molecule has 1 heterocycles. The average Bonchev–Trinajstić information content (AvgIpc) is 2.97. The Kier molecular flexibility index (Phi) is 5.14. The van der Waals surface area contributed by atoms with Gasteiger partial charge in [-0.05, 0) is 46.6 Å². The van der Waals surface area contributed by atoms with Crippen LogP contribution in [0.2, 0.25) is 0 Å². The summed E-state index contributed by atoms with van der Waals surface area (Å²) < 4.78 is 48.3. The molecule has 0 amide bonds. The second kappa shape index (κ2) is 7.22. The van der Waals surface area contributed by atoms with Crippen molar-refractivity contribution in [2.45, 2.75) is 13.3 Å². The molecule has 5 nitrogen and oxygen atoms in total. The number of imidazole rings is 1. The first-order valence-corrected chi connectivity index (χ1v) is 8.67. The molecule has 0 fully saturated rings. The molecule has 0 radical (unpaired) electrons. The van der Waals surface area contributed by atoms with Crippen LogP contribution in [0, 0.1) is 0 Å².